The van der Waals surface area contributed by atoms with Crippen LogP contribution in [0.3, 0.4) is 0 Å². The van der Waals surface area contributed by atoms with Crippen molar-refractivity contribution < 1.29 is 4.79 Å². The second kappa shape index (κ2) is 6.40. The van der Waals surface area contributed by atoms with Crippen LogP contribution in [0.15, 0.2) is 15.9 Å². The molecule has 0 spiro atoms. The largest absolute Gasteiger partial charge is 0.330 e. The van der Waals surface area contributed by atoms with Crippen molar-refractivity contribution in [2.45, 2.75) is 26.2 Å². The Balaban J connectivity index is 2.34. The van der Waals surface area contributed by atoms with Crippen LogP contribution in [0.5, 0.6) is 0 Å². The van der Waals surface area contributed by atoms with Crippen LogP contribution >= 0.6 is 27.3 Å². The van der Waals surface area contributed by atoms with E-state index in [1.54, 1.807) is 11.3 Å². The molecule has 1 atom stereocenters. The summed E-state index contributed by atoms with van der Waals surface area (Å²) < 4.78 is 1.05. The molecule has 84 valence electrons. The van der Waals surface area contributed by atoms with E-state index in [1.165, 1.54) is 0 Å². The highest BCUT2D eigenvalue weighted by Crippen LogP contribution is 2.23. The molecule has 0 aliphatic rings. The lowest BCUT2D eigenvalue weighted by molar-refractivity contribution is -0.118. The highest BCUT2D eigenvalue weighted by atomic mass is 79.9. The van der Waals surface area contributed by atoms with E-state index < -0.39 is 0 Å². The Morgan fingerprint density at radius 2 is 2.40 bits per heavy atom. The molecule has 2 nitrogen and oxygen atoms in total. The zero-order valence-corrected chi connectivity index (χ0v) is 11.2. The van der Waals surface area contributed by atoms with Crippen LogP contribution < -0.4 is 5.73 Å². The minimum absolute atomic E-state index is 0.304. The molecule has 4 heteroatoms. The molecule has 1 aromatic rings. The second-order valence-electron chi connectivity index (χ2n) is 3.79. The third-order valence-electron chi connectivity index (χ3n) is 2.37. The quantitative estimate of drug-likeness (QED) is 0.875. The van der Waals surface area contributed by atoms with Crippen LogP contribution in [0.1, 0.15) is 24.6 Å². The number of thiophene rings is 1. The van der Waals surface area contributed by atoms with Crippen LogP contribution in [0, 0.1) is 5.92 Å². The summed E-state index contributed by atoms with van der Waals surface area (Å²) in [6.07, 6.45) is 2.09. The number of hydrogen-bond acceptors (Lipinski definition) is 3. The van der Waals surface area contributed by atoms with E-state index in [-0.39, 0.29) is 0 Å². The summed E-state index contributed by atoms with van der Waals surface area (Å²) in [5, 5.41) is 2.00. The van der Waals surface area contributed by atoms with Gasteiger partial charge >= 0.3 is 0 Å². The molecule has 1 heterocycles. The molecule has 1 unspecified atom stereocenters. The lowest BCUT2D eigenvalue weighted by Crippen LogP contribution is -2.13. The normalized spacial score (nSPS) is 12.7. The van der Waals surface area contributed by atoms with Crippen molar-refractivity contribution in [1.82, 2.24) is 0 Å². The van der Waals surface area contributed by atoms with E-state index in [9.17, 15) is 4.79 Å². The fourth-order valence-corrected chi connectivity index (χ4v) is 2.76. The Bertz CT molecular complexity index is 324. The molecule has 0 amide bonds. The van der Waals surface area contributed by atoms with Crippen molar-refractivity contribution in [3.8, 4) is 0 Å². The third kappa shape index (κ3) is 4.45. The number of hydrogen-bond donors (Lipinski definition) is 1. The monoisotopic (exact) mass is 289 g/mol. The molecule has 15 heavy (non-hydrogen) atoms. The second-order valence-corrected chi connectivity index (χ2v) is 5.64. The zero-order chi connectivity index (χ0) is 11.3. The molecular formula is C11H16BrNOS. The van der Waals surface area contributed by atoms with Crippen molar-refractivity contribution in [3.63, 3.8) is 0 Å². The number of rotatable bonds is 6. The molecule has 0 saturated carbocycles. The van der Waals surface area contributed by atoms with Crippen LogP contribution in [-0.2, 0) is 11.2 Å². The Labute approximate surface area is 103 Å². The standard InChI is InChI=1S/C11H16BrNOS/c1-8(7-13)2-3-9(14)6-11-10(12)4-5-15-11/h4-5,8H,2-3,6-7,13H2,1H3. The Morgan fingerprint density at radius 1 is 1.67 bits per heavy atom. The molecular weight excluding hydrogens is 274 g/mol. The van der Waals surface area contributed by atoms with Gasteiger partial charge in [-0.1, -0.05) is 6.92 Å². The first-order chi connectivity index (χ1) is 7.13. The van der Waals surface area contributed by atoms with Gasteiger partial charge in [-0.25, -0.2) is 0 Å². The van der Waals surface area contributed by atoms with Crippen LogP contribution in [0.25, 0.3) is 0 Å². The Hall–Kier alpha value is -0.190. The molecule has 0 radical (unpaired) electrons. The molecule has 0 bridgehead atoms. The average molecular weight is 290 g/mol. The molecule has 0 fully saturated rings. The molecule has 0 aromatic carbocycles. The van der Waals surface area contributed by atoms with Gasteiger partial charge in [-0.2, -0.15) is 0 Å². The zero-order valence-electron chi connectivity index (χ0n) is 8.83. The summed E-state index contributed by atoms with van der Waals surface area (Å²) in [5.74, 6) is 0.749. The van der Waals surface area contributed by atoms with Crippen LogP contribution in [0.2, 0.25) is 0 Å². The molecule has 2 N–H and O–H groups in total. The van der Waals surface area contributed by atoms with E-state index in [0.717, 1.165) is 15.8 Å². The molecule has 1 rings (SSSR count). The lowest BCUT2D eigenvalue weighted by Gasteiger charge is -2.06. The molecule has 1 aromatic heterocycles. The summed E-state index contributed by atoms with van der Waals surface area (Å²) in [7, 11) is 0. The van der Waals surface area contributed by atoms with Crippen molar-refractivity contribution in [3.05, 3.63) is 20.8 Å². The van der Waals surface area contributed by atoms with Crippen molar-refractivity contribution in [2.75, 3.05) is 6.54 Å². The first-order valence-corrected chi connectivity index (χ1v) is 6.74. The highest BCUT2D eigenvalue weighted by molar-refractivity contribution is 9.10. The fraction of sp³-hybridized carbons (Fsp3) is 0.545. The molecule has 0 aliphatic carbocycles. The van der Waals surface area contributed by atoms with E-state index in [0.29, 0.717) is 31.1 Å². The average Bonchev–Trinajstić information content (AvgIpc) is 2.61. The number of nitrogens with two attached hydrogens (primary N) is 1. The number of carbonyl (C=O) groups excluding carboxylic acids is 1. The maximum absolute atomic E-state index is 11.6. The third-order valence-corrected chi connectivity index (χ3v) is 4.29. The Kier molecular flexibility index (Phi) is 5.50. The predicted octanol–water partition coefficient (Wildman–Crippen LogP) is 3.00. The summed E-state index contributed by atoms with van der Waals surface area (Å²) in [6, 6.07) is 1.98. The van der Waals surface area contributed by atoms with Gasteiger partial charge in [0.15, 0.2) is 0 Å². The van der Waals surface area contributed by atoms with Crippen molar-refractivity contribution in [2.24, 2.45) is 11.7 Å². The predicted molar refractivity (Wildman–Crippen MR) is 68.2 cm³/mol. The van der Waals surface area contributed by atoms with Gasteiger partial charge in [-0.05, 0) is 46.3 Å². The smallest absolute Gasteiger partial charge is 0.138 e. The summed E-state index contributed by atoms with van der Waals surface area (Å²) in [4.78, 5) is 12.8. The number of Topliss-reactive ketones (excluding diaryl/α,β-unsaturated/α-hetero) is 1. The van der Waals surface area contributed by atoms with Gasteiger partial charge in [0.1, 0.15) is 5.78 Å². The summed E-state index contributed by atoms with van der Waals surface area (Å²) >= 11 is 5.05. The van der Waals surface area contributed by atoms with Gasteiger partial charge in [0, 0.05) is 22.2 Å². The lowest BCUT2D eigenvalue weighted by atomic mass is 10.0. The van der Waals surface area contributed by atoms with Gasteiger partial charge in [0.25, 0.3) is 0 Å². The maximum atomic E-state index is 11.6. The minimum atomic E-state index is 0.304. The van der Waals surface area contributed by atoms with Crippen LogP contribution in [-0.4, -0.2) is 12.3 Å². The first kappa shape index (κ1) is 12.9. The van der Waals surface area contributed by atoms with Gasteiger partial charge in [0.2, 0.25) is 0 Å². The van der Waals surface area contributed by atoms with Crippen molar-refractivity contribution in [1.29, 1.82) is 0 Å². The topological polar surface area (TPSA) is 43.1 Å². The van der Waals surface area contributed by atoms with Gasteiger partial charge in [-0.3, -0.25) is 4.79 Å². The SMILES string of the molecule is CC(CN)CCC(=O)Cc1sccc1Br. The van der Waals surface area contributed by atoms with Gasteiger partial charge in [0.05, 0.1) is 0 Å². The number of halogens is 1. The minimum Gasteiger partial charge on any atom is -0.330 e. The highest BCUT2D eigenvalue weighted by Gasteiger charge is 2.09. The van der Waals surface area contributed by atoms with Crippen molar-refractivity contribution >= 4 is 33.0 Å². The molecule has 0 aliphatic heterocycles. The first-order valence-electron chi connectivity index (χ1n) is 5.07. The van der Waals surface area contributed by atoms with E-state index >= 15 is 0 Å². The maximum Gasteiger partial charge on any atom is 0.138 e. The summed E-state index contributed by atoms with van der Waals surface area (Å²) in [5.41, 5.74) is 5.50. The molecule has 0 saturated heterocycles. The summed E-state index contributed by atoms with van der Waals surface area (Å²) in [6.45, 7) is 2.74. The van der Waals surface area contributed by atoms with E-state index in [2.05, 4.69) is 22.9 Å². The van der Waals surface area contributed by atoms with E-state index in [1.807, 2.05) is 11.4 Å². The van der Waals surface area contributed by atoms with Crippen LogP contribution in [0.4, 0.5) is 0 Å². The van der Waals surface area contributed by atoms with Gasteiger partial charge in [-0.15, -0.1) is 11.3 Å². The fourth-order valence-electron chi connectivity index (χ4n) is 1.24. The van der Waals surface area contributed by atoms with Gasteiger partial charge < -0.3 is 5.73 Å². The number of ketones is 1. The number of carbonyl (C=O) groups is 1. The van der Waals surface area contributed by atoms with E-state index in [4.69, 9.17) is 5.73 Å². The Morgan fingerprint density at radius 3 is 2.93 bits per heavy atom.